The average Bonchev–Trinajstić information content (AvgIpc) is 2.17. The fraction of sp³-hybridized carbons (Fsp3) is 0.375. The van der Waals surface area contributed by atoms with E-state index in [0.29, 0.717) is 12.4 Å². The van der Waals surface area contributed by atoms with Gasteiger partial charge in [-0.05, 0) is 12.1 Å². The molecule has 5 nitrogen and oxygen atoms in total. The van der Waals surface area contributed by atoms with Crippen molar-refractivity contribution >= 4 is 15.8 Å². The molecule has 0 aliphatic rings. The van der Waals surface area contributed by atoms with Gasteiger partial charge in [-0.1, -0.05) is 6.92 Å². The highest BCUT2D eigenvalue weighted by Gasteiger charge is 2.18. The summed E-state index contributed by atoms with van der Waals surface area (Å²) in [6.45, 7) is 2.19. The van der Waals surface area contributed by atoms with Crippen LogP contribution in [0.4, 0.5) is 5.82 Å². The second-order valence-electron chi connectivity index (χ2n) is 2.84. The number of hydrogen-bond acceptors (Lipinski definition) is 4. The molecule has 1 heterocycles. The summed E-state index contributed by atoms with van der Waals surface area (Å²) in [4.78, 5) is 3.90. The van der Waals surface area contributed by atoms with Crippen LogP contribution in [0.25, 0.3) is 0 Å². The predicted molar refractivity (Wildman–Crippen MR) is 54.1 cm³/mol. The summed E-state index contributed by atoms with van der Waals surface area (Å²) < 4.78 is 24.7. The van der Waals surface area contributed by atoms with E-state index in [1.54, 1.807) is 6.92 Å². The van der Waals surface area contributed by atoms with E-state index in [-0.39, 0.29) is 4.90 Å². The molecule has 0 aliphatic heterocycles. The van der Waals surface area contributed by atoms with E-state index in [4.69, 9.17) is 5.73 Å². The summed E-state index contributed by atoms with van der Waals surface area (Å²) in [6.07, 6.45) is 1.26. The van der Waals surface area contributed by atoms with Crippen LogP contribution in [0.3, 0.4) is 0 Å². The van der Waals surface area contributed by atoms with Crippen molar-refractivity contribution in [2.24, 2.45) is 0 Å². The van der Waals surface area contributed by atoms with Gasteiger partial charge in [-0.25, -0.2) is 17.7 Å². The van der Waals surface area contributed by atoms with Crippen molar-refractivity contribution in [3.8, 4) is 0 Å². The molecular weight excluding hydrogens is 202 g/mol. The number of rotatable bonds is 3. The number of nitrogens with zero attached hydrogens (tertiary/aromatic N) is 2. The van der Waals surface area contributed by atoms with E-state index >= 15 is 0 Å². The summed E-state index contributed by atoms with van der Waals surface area (Å²) in [5, 5.41) is 0. The van der Waals surface area contributed by atoms with Gasteiger partial charge >= 0.3 is 0 Å². The zero-order valence-corrected chi connectivity index (χ0v) is 8.95. The fourth-order valence-electron chi connectivity index (χ4n) is 0.894. The topological polar surface area (TPSA) is 76.3 Å². The highest BCUT2D eigenvalue weighted by Crippen LogP contribution is 2.13. The first-order chi connectivity index (χ1) is 6.48. The van der Waals surface area contributed by atoms with Crippen molar-refractivity contribution in [1.29, 1.82) is 0 Å². The largest absolute Gasteiger partial charge is 0.384 e. The maximum atomic E-state index is 11.7. The standard InChI is InChI=1S/C8H13N3O2S/c1-3-11(2)14(12,13)7-4-5-8(9)10-6-7/h4-6H,3H2,1-2H3,(H2,9,10). The second kappa shape index (κ2) is 3.93. The molecule has 1 aromatic heterocycles. The van der Waals surface area contributed by atoms with Gasteiger partial charge < -0.3 is 5.73 Å². The molecule has 0 saturated heterocycles. The molecule has 0 spiro atoms. The first kappa shape index (κ1) is 10.9. The Balaban J connectivity index is 3.11. The molecule has 0 atom stereocenters. The van der Waals surface area contributed by atoms with Crippen molar-refractivity contribution in [2.75, 3.05) is 19.3 Å². The van der Waals surface area contributed by atoms with Gasteiger partial charge in [0.1, 0.15) is 10.7 Å². The Bertz CT molecular complexity index is 399. The molecule has 0 fully saturated rings. The number of nitrogens with two attached hydrogens (primary N) is 1. The van der Waals surface area contributed by atoms with Crippen LogP contribution in [0, 0.1) is 0 Å². The van der Waals surface area contributed by atoms with Crippen molar-refractivity contribution < 1.29 is 8.42 Å². The van der Waals surface area contributed by atoms with Gasteiger partial charge in [-0.15, -0.1) is 0 Å². The van der Waals surface area contributed by atoms with Crippen LogP contribution in [0.2, 0.25) is 0 Å². The first-order valence-electron chi connectivity index (χ1n) is 4.16. The number of hydrogen-bond donors (Lipinski definition) is 1. The minimum Gasteiger partial charge on any atom is -0.384 e. The van der Waals surface area contributed by atoms with E-state index < -0.39 is 10.0 Å². The van der Waals surface area contributed by atoms with Gasteiger partial charge in [-0.2, -0.15) is 0 Å². The molecule has 2 N–H and O–H groups in total. The summed E-state index contributed by atoms with van der Waals surface area (Å²) in [6, 6.07) is 2.92. The van der Waals surface area contributed by atoms with Gasteiger partial charge in [0.05, 0.1) is 0 Å². The lowest BCUT2D eigenvalue weighted by atomic mass is 10.5. The molecule has 78 valence electrons. The zero-order chi connectivity index (χ0) is 10.8. The Labute approximate surface area is 83.6 Å². The molecule has 0 saturated carbocycles. The Hall–Kier alpha value is -1.14. The van der Waals surface area contributed by atoms with Crippen molar-refractivity contribution in [3.05, 3.63) is 18.3 Å². The van der Waals surface area contributed by atoms with E-state index in [2.05, 4.69) is 4.98 Å². The molecule has 0 unspecified atom stereocenters. The molecule has 0 bridgehead atoms. The average molecular weight is 215 g/mol. The SMILES string of the molecule is CCN(C)S(=O)(=O)c1ccc(N)nc1. The van der Waals surface area contributed by atoms with Crippen LogP contribution < -0.4 is 5.73 Å². The smallest absolute Gasteiger partial charge is 0.244 e. The number of nitrogen functional groups attached to an aromatic ring is 1. The lowest BCUT2D eigenvalue weighted by molar-refractivity contribution is 0.486. The molecule has 0 aromatic carbocycles. The minimum atomic E-state index is -3.39. The Morgan fingerprint density at radius 3 is 2.57 bits per heavy atom. The summed E-state index contributed by atoms with van der Waals surface area (Å²) in [5.41, 5.74) is 5.36. The molecule has 1 aromatic rings. The molecular formula is C8H13N3O2S. The number of aromatic nitrogens is 1. The van der Waals surface area contributed by atoms with Crippen LogP contribution >= 0.6 is 0 Å². The number of anilines is 1. The minimum absolute atomic E-state index is 0.163. The monoisotopic (exact) mass is 215 g/mol. The maximum absolute atomic E-state index is 11.7. The third-order valence-electron chi connectivity index (χ3n) is 1.91. The highest BCUT2D eigenvalue weighted by atomic mass is 32.2. The van der Waals surface area contributed by atoms with Crippen LogP contribution in [0.15, 0.2) is 23.2 Å². The molecule has 1 rings (SSSR count). The highest BCUT2D eigenvalue weighted by molar-refractivity contribution is 7.89. The van der Waals surface area contributed by atoms with E-state index in [9.17, 15) is 8.42 Å². The summed E-state index contributed by atoms with van der Waals surface area (Å²) in [7, 11) is -1.87. The molecule has 6 heteroatoms. The van der Waals surface area contributed by atoms with Crippen LogP contribution in [0.1, 0.15) is 6.92 Å². The predicted octanol–water partition coefficient (Wildman–Crippen LogP) is 0.304. The Morgan fingerprint density at radius 2 is 2.14 bits per heavy atom. The maximum Gasteiger partial charge on any atom is 0.244 e. The third-order valence-corrected chi connectivity index (χ3v) is 3.83. The van der Waals surface area contributed by atoms with Crippen molar-refractivity contribution in [1.82, 2.24) is 9.29 Å². The molecule has 0 aliphatic carbocycles. The second-order valence-corrected chi connectivity index (χ2v) is 4.88. The normalized spacial score (nSPS) is 11.9. The lowest BCUT2D eigenvalue weighted by Crippen LogP contribution is -2.26. The van der Waals surface area contributed by atoms with Gasteiger partial charge in [-0.3, -0.25) is 0 Å². The quantitative estimate of drug-likeness (QED) is 0.787. The van der Waals surface area contributed by atoms with Crippen LogP contribution in [0.5, 0.6) is 0 Å². The number of sulfonamides is 1. The zero-order valence-electron chi connectivity index (χ0n) is 8.14. The van der Waals surface area contributed by atoms with Crippen LogP contribution in [-0.4, -0.2) is 31.3 Å². The molecule has 0 radical (unpaired) electrons. The Kier molecular flexibility index (Phi) is 3.07. The number of pyridine rings is 1. The third kappa shape index (κ3) is 2.02. The van der Waals surface area contributed by atoms with Gasteiger partial charge in [0.2, 0.25) is 10.0 Å². The molecule has 14 heavy (non-hydrogen) atoms. The van der Waals surface area contributed by atoms with E-state index in [1.807, 2.05) is 0 Å². The van der Waals surface area contributed by atoms with Crippen LogP contribution in [-0.2, 0) is 10.0 Å². The Morgan fingerprint density at radius 1 is 1.50 bits per heavy atom. The van der Waals surface area contributed by atoms with Gasteiger partial charge in [0, 0.05) is 19.8 Å². The lowest BCUT2D eigenvalue weighted by Gasteiger charge is -2.14. The molecule has 0 amide bonds. The van der Waals surface area contributed by atoms with Gasteiger partial charge in [0.15, 0.2) is 0 Å². The van der Waals surface area contributed by atoms with Gasteiger partial charge in [0.25, 0.3) is 0 Å². The van der Waals surface area contributed by atoms with E-state index in [1.165, 1.54) is 29.7 Å². The summed E-state index contributed by atoms with van der Waals surface area (Å²) in [5.74, 6) is 0.308. The van der Waals surface area contributed by atoms with E-state index in [0.717, 1.165) is 0 Å². The first-order valence-corrected chi connectivity index (χ1v) is 5.60. The van der Waals surface area contributed by atoms with Crippen molar-refractivity contribution in [3.63, 3.8) is 0 Å². The fourth-order valence-corrected chi connectivity index (χ4v) is 2.02. The van der Waals surface area contributed by atoms with Crippen molar-refractivity contribution in [2.45, 2.75) is 11.8 Å². The summed E-state index contributed by atoms with van der Waals surface area (Å²) >= 11 is 0.